The van der Waals surface area contributed by atoms with E-state index in [1.165, 1.54) is 0 Å². The summed E-state index contributed by atoms with van der Waals surface area (Å²) < 4.78 is 0. The molecule has 2 aromatic carbocycles. The molecule has 6 heteroatoms. The minimum Gasteiger partial charge on any atom is -0.399 e. The monoisotopic (exact) mass is 302 g/mol. The number of nitrogens with zero attached hydrogens (tertiary/aromatic N) is 3. The summed E-state index contributed by atoms with van der Waals surface area (Å²) in [5.74, 6) is 1.06. The van der Waals surface area contributed by atoms with E-state index in [1.54, 1.807) is 0 Å². The molecule has 4 aromatic rings. The van der Waals surface area contributed by atoms with Crippen LogP contribution in [0.25, 0.3) is 33.7 Å². The zero-order valence-electron chi connectivity index (χ0n) is 12.2. The first-order valence-corrected chi connectivity index (χ1v) is 7.15. The SMILES string of the molecule is Nc1ccc(-c2nc(-c3ccccc3)nc3n[nH]c(N)c23)cc1. The molecule has 23 heavy (non-hydrogen) atoms. The number of aromatic nitrogens is 4. The Hall–Kier alpha value is -3.41. The number of nitrogens with two attached hydrogens (primary N) is 2. The van der Waals surface area contributed by atoms with Crippen LogP contribution in [0.5, 0.6) is 0 Å². The van der Waals surface area contributed by atoms with Crippen LogP contribution >= 0.6 is 0 Å². The lowest BCUT2D eigenvalue weighted by Gasteiger charge is -2.07. The molecular weight excluding hydrogens is 288 g/mol. The fourth-order valence-electron chi connectivity index (χ4n) is 2.51. The highest BCUT2D eigenvalue weighted by atomic mass is 15.2. The predicted octanol–water partition coefficient (Wildman–Crippen LogP) is 2.85. The summed E-state index contributed by atoms with van der Waals surface area (Å²) in [5.41, 5.74) is 15.6. The average Bonchev–Trinajstić information content (AvgIpc) is 2.97. The normalized spacial score (nSPS) is 11.0. The van der Waals surface area contributed by atoms with Gasteiger partial charge in [-0.2, -0.15) is 5.10 Å². The van der Waals surface area contributed by atoms with Gasteiger partial charge in [0.05, 0.1) is 11.1 Å². The van der Waals surface area contributed by atoms with E-state index in [9.17, 15) is 0 Å². The minimum absolute atomic E-state index is 0.450. The van der Waals surface area contributed by atoms with Crippen molar-refractivity contribution in [1.82, 2.24) is 20.2 Å². The molecule has 6 nitrogen and oxygen atoms in total. The van der Waals surface area contributed by atoms with Crippen molar-refractivity contribution in [3.8, 4) is 22.6 Å². The summed E-state index contributed by atoms with van der Waals surface area (Å²) in [6.45, 7) is 0. The van der Waals surface area contributed by atoms with Crippen LogP contribution in [0.3, 0.4) is 0 Å². The molecule has 112 valence electrons. The quantitative estimate of drug-likeness (QED) is 0.494. The molecule has 0 saturated carbocycles. The lowest BCUT2D eigenvalue weighted by Crippen LogP contribution is -1.96. The van der Waals surface area contributed by atoms with Crippen molar-refractivity contribution in [2.75, 3.05) is 11.5 Å². The number of rotatable bonds is 2. The van der Waals surface area contributed by atoms with E-state index in [4.69, 9.17) is 16.5 Å². The Morgan fingerprint density at radius 1 is 0.783 bits per heavy atom. The van der Waals surface area contributed by atoms with Gasteiger partial charge in [0, 0.05) is 16.8 Å². The number of nitrogens with one attached hydrogen (secondary N) is 1. The Labute approximate surface area is 132 Å². The number of nitrogen functional groups attached to an aromatic ring is 2. The van der Waals surface area contributed by atoms with Gasteiger partial charge in [0.15, 0.2) is 11.5 Å². The van der Waals surface area contributed by atoms with Crippen LogP contribution in [0.4, 0.5) is 11.5 Å². The smallest absolute Gasteiger partial charge is 0.187 e. The van der Waals surface area contributed by atoms with E-state index < -0.39 is 0 Å². The topological polar surface area (TPSA) is 106 Å². The standard InChI is InChI=1S/C17H14N6/c18-12-8-6-10(7-9-12)14-13-15(19)22-23-17(13)21-16(20-14)11-4-2-1-3-5-11/h1-9H,18H2,(H3,19,20,21,22,23). The van der Waals surface area contributed by atoms with Crippen molar-refractivity contribution < 1.29 is 0 Å². The van der Waals surface area contributed by atoms with Crippen LogP contribution in [0.1, 0.15) is 0 Å². The fourth-order valence-corrected chi connectivity index (χ4v) is 2.51. The third kappa shape index (κ3) is 2.26. The highest BCUT2D eigenvalue weighted by molar-refractivity contribution is 5.98. The molecule has 2 heterocycles. The maximum absolute atomic E-state index is 6.01. The maximum atomic E-state index is 6.01. The maximum Gasteiger partial charge on any atom is 0.187 e. The van der Waals surface area contributed by atoms with Gasteiger partial charge in [-0.05, 0) is 12.1 Å². The Morgan fingerprint density at radius 2 is 1.52 bits per heavy atom. The molecule has 0 fully saturated rings. The zero-order chi connectivity index (χ0) is 15.8. The van der Waals surface area contributed by atoms with Gasteiger partial charge in [-0.15, -0.1) is 0 Å². The van der Waals surface area contributed by atoms with Crippen LogP contribution in [-0.2, 0) is 0 Å². The van der Waals surface area contributed by atoms with Crippen molar-refractivity contribution in [2.45, 2.75) is 0 Å². The van der Waals surface area contributed by atoms with Gasteiger partial charge in [0.2, 0.25) is 0 Å². The lowest BCUT2D eigenvalue weighted by atomic mass is 10.1. The van der Waals surface area contributed by atoms with E-state index in [-0.39, 0.29) is 0 Å². The molecule has 0 spiro atoms. The van der Waals surface area contributed by atoms with Crippen molar-refractivity contribution in [1.29, 1.82) is 0 Å². The van der Waals surface area contributed by atoms with Crippen molar-refractivity contribution in [2.24, 2.45) is 0 Å². The first-order chi connectivity index (χ1) is 11.2. The molecule has 0 bridgehead atoms. The Kier molecular flexibility index (Phi) is 2.94. The van der Waals surface area contributed by atoms with Crippen molar-refractivity contribution in [3.05, 3.63) is 54.6 Å². The first-order valence-electron chi connectivity index (χ1n) is 7.15. The molecule has 5 N–H and O–H groups in total. The number of hydrogen-bond donors (Lipinski definition) is 3. The number of aromatic amines is 1. The number of hydrogen-bond acceptors (Lipinski definition) is 5. The Bertz CT molecular complexity index is 973. The second kappa shape index (κ2) is 5.10. The number of anilines is 2. The molecule has 2 aromatic heterocycles. The fraction of sp³-hybridized carbons (Fsp3) is 0. The van der Waals surface area contributed by atoms with Gasteiger partial charge in [-0.3, -0.25) is 5.10 Å². The average molecular weight is 302 g/mol. The van der Waals surface area contributed by atoms with Gasteiger partial charge in [-0.25, -0.2) is 9.97 Å². The summed E-state index contributed by atoms with van der Waals surface area (Å²) >= 11 is 0. The number of H-pyrrole nitrogens is 1. The predicted molar refractivity (Wildman–Crippen MR) is 91.4 cm³/mol. The Morgan fingerprint density at radius 3 is 2.26 bits per heavy atom. The molecule has 0 aliphatic carbocycles. The summed E-state index contributed by atoms with van der Waals surface area (Å²) in [6.07, 6.45) is 0. The van der Waals surface area contributed by atoms with Crippen LogP contribution in [0.2, 0.25) is 0 Å². The van der Waals surface area contributed by atoms with Gasteiger partial charge >= 0.3 is 0 Å². The van der Waals surface area contributed by atoms with E-state index >= 15 is 0 Å². The molecule has 0 aliphatic rings. The highest BCUT2D eigenvalue weighted by Crippen LogP contribution is 2.31. The van der Waals surface area contributed by atoms with E-state index in [0.29, 0.717) is 23.0 Å². The van der Waals surface area contributed by atoms with E-state index in [2.05, 4.69) is 15.2 Å². The molecule has 0 aliphatic heterocycles. The summed E-state index contributed by atoms with van der Waals surface area (Å²) in [6, 6.07) is 17.3. The second-order valence-corrected chi connectivity index (χ2v) is 5.22. The molecule has 0 amide bonds. The summed E-state index contributed by atoms with van der Waals surface area (Å²) in [5, 5.41) is 7.68. The van der Waals surface area contributed by atoms with Crippen LogP contribution in [-0.4, -0.2) is 20.2 Å². The molecular formula is C17H14N6. The molecule has 4 rings (SSSR count). The van der Waals surface area contributed by atoms with Crippen LogP contribution < -0.4 is 11.5 Å². The third-order valence-electron chi connectivity index (χ3n) is 3.66. The molecule has 0 atom stereocenters. The van der Waals surface area contributed by atoms with E-state index in [1.807, 2.05) is 54.6 Å². The van der Waals surface area contributed by atoms with E-state index in [0.717, 1.165) is 22.2 Å². The molecule has 0 saturated heterocycles. The van der Waals surface area contributed by atoms with Crippen LogP contribution in [0.15, 0.2) is 54.6 Å². The van der Waals surface area contributed by atoms with Gasteiger partial charge in [0.1, 0.15) is 5.82 Å². The Balaban J connectivity index is 2.01. The number of fused-ring (bicyclic) bond motifs is 1. The number of benzene rings is 2. The molecule has 0 unspecified atom stereocenters. The summed E-state index contributed by atoms with van der Waals surface area (Å²) in [7, 11) is 0. The first kappa shape index (κ1) is 13.3. The largest absolute Gasteiger partial charge is 0.399 e. The minimum atomic E-state index is 0.450. The van der Waals surface area contributed by atoms with Gasteiger partial charge in [0.25, 0.3) is 0 Å². The lowest BCUT2D eigenvalue weighted by molar-refractivity contribution is 1.10. The molecule has 0 radical (unpaired) electrons. The summed E-state index contributed by atoms with van der Waals surface area (Å²) in [4.78, 5) is 9.22. The van der Waals surface area contributed by atoms with Crippen molar-refractivity contribution >= 4 is 22.5 Å². The van der Waals surface area contributed by atoms with Crippen molar-refractivity contribution in [3.63, 3.8) is 0 Å². The van der Waals surface area contributed by atoms with Gasteiger partial charge in [-0.1, -0.05) is 42.5 Å². The van der Waals surface area contributed by atoms with Crippen LogP contribution in [0, 0.1) is 0 Å². The highest BCUT2D eigenvalue weighted by Gasteiger charge is 2.15. The van der Waals surface area contributed by atoms with Gasteiger partial charge < -0.3 is 11.5 Å². The zero-order valence-corrected chi connectivity index (χ0v) is 12.2. The third-order valence-corrected chi connectivity index (χ3v) is 3.66. The second-order valence-electron chi connectivity index (χ2n) is 5.22.